The Bertz CT molecular complexity index is 459. The molecule has 104 valence electrons. The van der Waals surface area contributed by atoms with Crippen molar-refractivity contribution < 1.29 is 9.90 Å². The second-order valence-electron chi connectivity index (χ2n) is 4.58. The molecule has 19 heavy (non-hydrogen) atoms. The molecule has 1 aromatic rings. The third-order valence-corrected chi connectivity index (χ3v) is 3.46. The SMILES string of the molecule is CCNc1ccc(Cl)c(C(=O)N2CCC(O)CC2)n1. The predicted molar refractivity (Wildman–Crippen MR) is 74.6 cm³/mol. The van der Waals surface area contributed by atoms with Crippen LogP contribution in [0, 0.1) is 0 Å². The van der Waals surface area contributed by atoms with E-state index in [9.17, 15) is 9.90 Å². The molecule has 1 amide bonds. The zero-order valence-corrected chi connectivity index (χ0v) is 11.7. The summed E-state index contributed by atoms with van der Waals surface area (Å²) in [7, 11) is 0. The highest BCUT2D eigenvalue weighted by atomic mass is 35.5. The fourth-order valence-corrected chi connectivity index (χ4v) is 2.28. The third-order valence-electron chi connectivity index (χ3n) is 3.16. The fourth-order valence-electron chi connectivity index (χ4n) is 2.09. The first-order valence-corrected chi connectivity index (χ1v) is 6.87. The molecular formula is C13H18ClN3O2. The molecule has 1 saturated heterocycles. The summed E-state index contributed by atoms with van der Waals surface area (Å²) in [5.41, 5.74) is 0.275. The molecule has 0 spiro atoms. The van der Waals surface area contributed by atoms with E-state index in [1.165, 1.54) is 0 Å². The van der Waals surface area contributed by atoms with Gasteiger partial charge >= 0.3 is 0 Å². The number of carbonyl (C=O) groups excluding carboxylic acids is 1. The van der Waals surface area contributed by atoms with E-state index in [-0.39, 0.29) is 17.7 Å². The fraction of sp³-hybridized carbons (Fsp3) is 0.538. The molecule has 0 bridgehead atoms. The van der Waals surface area contributed by atoms with Gasteiger partial charge in [-0.2, -0.15) is 0 Å². The number of nitrogens with one attached hydrogen (secondary N) is 1. The topological polar surface area (TPSA) is 65.5 Å². The number of hydrogen-bond donors (Lipinski definition) is 2. The van der Waals surface area contributed by atoms with Gasteiger partial charge in [0.05, 0.1) is 11.1 Å². The predicted octanol–water partition coefficient (Wildman–Crippen LogP) is 1.76. The molecular weight excluding hydrogens is 266 g/mol. The summed E-state index contributed by atoms with van der Waals surface area (Å²) in [5.74, 6) is 0.476. The molecule has 5 nitrogen and oxygen atoms in total. The number of likely N-dealkylation sites (tertiary alicyclic amines) is 1. The standard InChI is InChI=1S/C13H18ClN3O2/c1-2-15-11-4-3-10(14)12(16-11)13(19)17-7-5-9(18)6-8-17/h3-4,9,18H,2,5-8H2,1H3,(H,15,16). The summed E-state index contributed by atoms with van der Waals surface area (Å²) >= 11 is 6.05. The van der Waals surface area contributed by atoms with Gasteiger partial charge in [-0.1, -0.05) is 11.6 Å². The van der Waals surface area contributed by atoms with Gasteiger partial charge in [-0.05, 0) is 31.9 Å². The molecule has 1 aliphatic rings. The summed E-state index contributed by atoms with van der Waals surface area (Å²) < 4.78 is 0. The number of aliphatic hydroxyl groups excluding tert-OH is 1. The van der Waals surface area contributed by atoms with Crippen molar-refractivity contribution in [2.45, 2.75) is 25.9 Å². The molecule has 0 atom stereocenters. The molecule has 0 aliphatic carbocycles. The van der Waals surface area contributed by atoms with E-state index in [0.29, 0.717) is 36.8 Å². The Morgan fingerprint density at radius 3 is 2.84 bits per heavy atom. The Morgan fingerprint density at radius 1 is 1.53 bits per heavy atom. The number of halogens is 1. The molecule has 6 heteroatoms. The number of carbonyl (C=O) groups is 1. The third kappa shape index (κ3) is 3.36. The van der Waals surface area contributed by atoms with Crippen LogP contribution < -0.4 is 5.32 Å². The normalized spacial score (nSPS) is 16.5. The van der Waals surface area contributed by atoms with E-state index in [1.807, 2.05) is 6.92 Å². The average molecular weight is 284 g/mol. The monoisotopic (exact) mass is 283 g/mol. The Kier molecular flexibility index (Phi) is 4.61. The van der Waals surface area contributed by atoms with E-state index in [0.717, 1.165) is 6.54 Å². The number of anilines is 1. The quantitative estimate of drug-likeness (QED) is 0.887. The van der Waals surface area contributed by atoms with Crippen LogP contribution in [0.3, 0.4) is 0 Å². The minimum absolute atomic E-state index is 0.170. The van der Waals surface area contributed by atoms with Gasteiger partial charge in [0.1, 0.15) is 11.5 Å². The van der Waals surface area contributed by atoms with Gasteiger partial charge in [-0.15, -0.1) is 0 Å². The van der Waals surface area contributed by atoms with Crippen molar-refractivity contribution in [1.29, 1.82) is 0 Å². The Morgan fingerprint density at radius 2 is 2.21 bits per heavy atom. The van der Waals surface area contributed by atoms with Crippen molar-refractivity contribution in [3.8, 4) is 0 Å². The lowest BCUT2D eigenvalue weighted by atomic mass is 10.1. The number of nitrogens with zero attached hydrogens (tertiary/aromatic N) is 2. The summed E-state index contributed by atoms with van der Waals surface area (Å²) in [6.45, 7) is 3.79. The lowest BCUT2D eigenvalue weighted by Gasteiger charge is -2.29. The number of pyridine rings is 1. The maximum absolute atomic E-state index is 12.4. The lowest BCUT2D eigenvalue weighted by Crippen LogP contribution is -2.40. The Hall–Kier alpha value is -1.33. The van der Waals surface area contributed by atoms with Crippen LogP contribution in [0.2, 0.25) is 5.02 Å². The van der Waals surface area contributed by atoms with Crippen molar-refractivity contribution >= 4 is 23.3 Å². The largest absolute Gasteiger partial charge is 0.393 e. The molecule has 0 aromatic carbocycles. The van der Waals surface area contributed by atoms with E-state index in [1.54, 1.807) is 17.0 Å². The van der Waals surface area contributed by atoms with Crippen molar-refractivity contribution in [3.63, 3.8) is 0 Å². The molecule has 0 saturated carbocycles. The van der Waals surface area contributed by atoms with Crippen LogP contribution in [0.25, 0.3) is 0 Å². The highest BCUT2D eigenvalue weighted by Gasteiger charge is 2.24. The highest BCUT2D eigenvalue weighted by molar-refractivity contribution is 6.33. The van der Waals surface area contributed by atoms with Crippen molar-refractivity contribution in [2.24, 2.45) is 0 Å². The molecule has 0 unspecified atom stereocenters. The van der Waals surface area contributed by atoms with Crippen molar-refractivity contribution in [3.05, 3.63) is 22.8 Å². The zero-order valence-electron chi connectivity index (χ0n) is 10.9. The minimum Gasteiger partial charge on any atom is -0.393 e. The number of rotatable bonds is 3. The molecule has 0 radical (unpaired) electrons. The molecule has 2 heterocycles. The van der Waals surface area contributed by atoms with E-state index >= 15 is 0 Å². The van der Waals surface area contributed by atoms with Crippen LogP contribution in [0.15, 0.2) is 12.1 Å². The van der Waals surface area contributed by atoms with Gasteiger partial charge in [0.25, 0.3) is 5.91 Å². The summed E-state index contributed by atoms with van der Waals surface area (Å²) in [4.78, 5) is 18.3. The number of piperidine rings is 1. The second kappa shape index (κ2) is 6.21. The van der Waals surface area contributed by atoms with Crippen molar-refractivity contribution in [1.82, 2.24) is 9.88 Å². The van der Waals surface area contributed by atoms with Gasteiger partial charge in [0, 0.05) is 19.6 Å². The molecule has 2 rings (SSSR count). The van der Waals surface area contributed by atoms with Gasteiger partial charge in [0.2, 0.25) is 0 Å². The first-order valence-electron chi connectivity index (χ1n) is 6.49. The van der Waals surface area contributed by atoms with Crippen LogP contribution in [0.4, 0.5) is 5.82 Å². The van der Waals surface area contributed by atoms with Gasteiger partial charge in [0.15, 0.2) is 0 Å². The van der Waals surface area contributed by atoms with E-state index < -0.39 is 0 Å². The van der Waals surface area contributed by atoms with Crippen LogP contribution in [0.1, 0.15) is 30.3 Å². The van der Waals surface area contributed by atoms with Gasteiger partial charge in [-0.3, -0.25) is 4.79 Å². The summed E-state index contributed by atoms with van der Waals surface area (Å²) in [6, 6.07) is 3.43. The van der Waals surface area contributed by atoms with Crippen LogP contribution in [-0.4, -0.2) is 46.6 Å². The number of hydrogen-bond acceptors (Lipinski definition) is 4. The summed E-state index contributed by atoms with van der Waals surface area (Å²) in [6.07, 6.45) is 0.910. The van der Waals surface area contributed by atoms with Crippen molar-refractivity contribution in [2.75, 3.05) is 25.0 Å². The van der Waals surface area contributed by atoms with E-state index in [2.05, 4.69) is 10.3 Å². The van der Waals surface area contributed by atoms with Gasteiger partial charge in [-0.25, -0.2) is 4.98 Å². The zero-order chi connectivity index (χ0) is 13.8. The Labute approximate surface area is 117 Å². The molecule has 1 fully saturated rings. The smallest absolute Gasteiger partial charge is 0.274 e. The highest BCUT2D eigenvalue weighted by Crippen LogP contribution is 2.20. The number of amides is 1. The van der Waals surface area contributed by atoms with E-state index in [4.69, 9.17) is 11.6 Å². The maximum Gasteiger partial charge on any atom is 0.274 e. The number of aromatic nitrogens is 1. The molecule has 2 N–H and O–H groups in total. The minimum atomic E-state index is -0.305. The van der Waals surface area contributed by atoms with Crippen LogP contribution in [0.5, 0.6) is 0 Å². The number of aliphatic hydroxyl groups is 1. The molecule has 1 aliphatic heterocycles. The first kappa shape index (κ1) is 14.1. The Balaban J connectivity index is 2.15. The average Bonchev–Trinajstić information content (AvgIpc) is 2.41. The maximum atomic E-state index is 12.4. The lowest BCUT2D eigenvalue weighted by molar-refractivity contribution is 0.0542. The van der Waals surface area contributed by atoms with Crippen LogP contribution in [-0.2, 0) is 0 Å². The second-order valence-corrected chi connectivity index (χ2v) is 4.99. The van der Waals surface area contributed by atoms with Crippen LogP contribution >= 0.6 is 11.6 Å². The first-order chi connectivity index (χ1) is 9.11. The summed E-state index contributed by atoms with van der Waals surface area (Å²) in [5, 5.41) is 12.9. The van der Waals surface area contributed by atoms with Gasteiger partial charge < -0.3 is 15.3 Å². The molecule has 1 aromatic heterocycles.